The number of aryl methyl sites for hydroxylation is 2. The molecule has 1 fully saturated rings. The van der Waals surface area contributed by atoms with Gasteiger partial charge in [-0.25, -0.2) is 9.38 Å². The average molecular weight is 632 g/mol. The van der Waals surface area contributed by atoms with Gasteiger partial charge in [-0.3, -0.25) is 9.69 Å². The monoisotopic (exact) mass is 630 g/mol. The van der Waals surface area contributed by atoms with E-state index in [1.54, 1.807) is 17.0 Å². The van der Waals surface area contributed by atoms with Crippen LogP contribution in [0, 0.1) is 19.7 Å². The SMILES string of the molecule is CCOc1cc(/C=C2\SC(=Nc3ccc(C)cc3)N(c3ccc(C)cc3)C2=O)cc(Br)c1OCc1ccc(F)cc1. The summed E-state index contributed by atoms with van der Waals surface area (Å²) in [5.74, 6) is 0.618. The van der Waals surface area contributed by atoms with Crippen LogP contribution in [0.5, 0.6) is 11.5 Å². The Morgan fingerprint density at radius 2 is 1.59 bits per heavy atom. The van der Waals surface area contributed by atoms with Gasteiger partial charge in [-0.05, 0) is 114 Å². The number of halogens is 2. The third kappa shape index (κ3) is 6.89. The molecule has 5 rings (SSSR count). The molecule has 0 aliphatic carbocycles. The molecule has 1 saturated heterocycles. The number of hydrogen-bond donors (Lipinski definition) is 0. The van der Waals surface area contributed by atoms with E-state index in [1.165, 1.54) is 23.9 Å². The quantitative estimate of drug-likeness (QED) is 0.182. The molecule has 1 aliphatic rings. The molecule has 8 heteroatoms. The molecule has 0 saturated carbocycles. The van der Waals surface area contributed by atoms with Crippen molar-refractivity contribution >= 4 is 56.2 Å². The van der Waals surface area contributed by atoms with E-state index in [4.69, 9.17) is 14.5 Å². The van der Waals surface area contributed by atoms with Crippen molar-refractivity contribution in [1.29, 1.82) is 0 Å². The van der Waals surface area contributed by atoms with Gasteiger partial charge in [-0.1, -0.05) is 47.5 Å². The largest absolute Gasteiger partial charge is 0.490 e. The Bertz CT molecular complexity index is 1620. The predicted molar refractivity (Wildman–Crippen MR) is 169 cm³/mol. The first-order valence-electron chi connectivity index (χ1n) is 13.1. The van der Waals surface area contributed by atoms with Gasteiger partial charge in [0.25, 0.3) is 5.91 Å². The van der Waals surface area contributed by atoms with Crippen molar-refractivity contribution in [2.24, 2.45) is 4.99 Å². The van der Waals surface area contributed by atoms with Crippen LogP contribution < -0.4 is 14.4 Å². The zero-order valence-corrected chi connectivity index (χ0v) is 25.3. The molecule has 1 aliphatic heterocycles. The summed E-state index contributed by atoms with van der Waals surface area (Å²) in [4.78, 5) is 20.8. The Morgan fingerprint density at radius 1 is 0.927 bits per heavy atom. The molecular formula is C33H28BrFN2O3S. The van der Waals surface area contributed by atoms with Crippen molar-refractivity contribution in [3.8, 4) is 11.5 Å². The van der Waals surface area contributed by atoms with E-state index in [9.17, 15) is 9.18 Å². The van der Waals surface area contributed by atoms with Gasteiger partial charge in [0.15, 0.2) is 16.7 Å². The maximum Gasteiger partial charge on any atom is 0.271 e. The summed E-state index contributed by atoms with van der Waals surface area (Å²) >= 11 is 4.94. The van der Waals surface area contributed by atoms with Gasteiger partial charge in [0.05, 0.1) is 27.4 Å². The number of hydrogen-bond acceptors (Lipinski definition) is 5. The zero-order chi connectivity index (χ0) is 28.9. The first-order chi connectivity index (χ1) is 19.8. The van der Waals surface area contributed by atoms with Crippen molar-refractivity contribution < 1.29 is 18.7 Å². The molecule has 0 aromatic heterocycles. The van der Waals surface area contributed by atoms with Gasteiger partial charge in [0.1, 0.15) is 12.4 Å². The molecule has 1 amide bonds. The number of ether oxygens (including phenoxy) is 2. The molecule has 0 radical (unpaired) electrons. The minimum atomic E-state index is -0.297. The number of amidine groups is 1. The lowest BCUT2D eigenvalue weighted by molar-refractivity contribution is -0.113. The molecule has 1 heterocycles. The fourth-order valence-corrected chi connectivity index (χ4v) is 5.74. The topological polar surface area (TPSA) is 51.1 Å². The molecule has 4 aromatic rings. The van der Waals surface area contributed by atoms with Gasteiger partial charge in [0, 0.05) is 0 Å². The predicted octanol–water partition coefficient (Wildman–Crippen LogP) is 8.99. The van der Waals surface area contributed by atoms with Gasteiger partial charge >= 0.3 is 0 Å². The number of aliphatic imine (C=N–C) groups is 1. The second kappa shape index (κ2) is 12.7. The maximum atomic E-state index is 13.8. The average Bonchev–Trinajstić information content (AvgIpc) is 3.25. The molecular weight excluding hydrogens is 603 g/mol. The van der Waals surface area contributed by atoms with Crippen LogP contribution >= 0.6 is 27.7 Å². The Morgan fingerprint density at radius 3 is 2.24 bits per heavy atom. The first kappa shape index (κ1) is 28.6. The Balaban J connectivity index is 1.48. The molecule has 208 valence electrons. The van der Waals surface area contributed by atoms with Gasteiger partial charge in [-0.2, -0.15) is 0 Å². The normalized spacial score (nSPS) is 15.1. The maximum absolute atomic E-state index is 13.8. The summed E-state index contributed by atoms with van der Waals surface area (Å²) in [5, 5.41) is 0.581. The number of amides is 1. The van der Waals surface area contributed by atoms with Gasteiger partial charge < -0.3 is 9.47 Å². The van der Waals surface area contributed by atoms with Crippen molar-refractivity contribution in [2.45, 2.75) is 27.4 Å². The van der Waals surface area contributed by atoms with Crippen LogP contribution in [-0.2, 0) is 11.4 Å². The number of nitrogens with zero attached hydrogens (tertiary/aromatic N) is 2. The Labute approximate surface area is 251 Å². The first-order valence-corrected chi connectivity index (χ1v) is 14.7. The van der Waals surface area contributed by atoms with Crippen molar-refractivity contribution in [2.75, 3.05) is 11.5 Å². The number of thioether (sulfide) groups is 1. The summed E-state index contributed by atoms with van der Waals surface area (Å²) in [6, 6.07) is 25.6. The second-order valence-electron chi connectivity index (χ2n) is 9.49. The van der Waals surface area contributed by atoms with E-state index >= 15 is 0 Å². The third-order valence-electron chi connectivity index (χ3n) is 6.28. The summed E-state index contributed by atoms with van der Waals surface area (Å²) < 4.78 is 25.9. The second-order valence-corrected chi connectivity index (χ2v) is 11.4. The molecule has 0 N–H and O–H groups in total. The van der Waals surface area contributed by atoms with Crippen molar-refractivity contribution in [3.63, 3.8) is 0 Å². The fourth-order valence-electron chi connectivity index (χ4n) is 4.16. The zero-order valence-electron chi connectivity index (χ0n) is 22.9. The minimum Gasteiger partial charge on any atom is -0.490 e. The van der Waals surface area contributed by atoms with E-state index in [2.05, 4.69) is 15.9 Å². The highest BCUT2D eigenvalue weighted by Gasteiger charge is 2.35. The highest BCUT2D eigenvalue weighted by Crippen LogP contribution is 2.41. The van der Waals surface area contributed by atoms with E-state index in [0.717, 1.165) is 33.6 Å². The van der Waals surface area contributed by atoms with E-state index in [0.29, 0.717) is 32.7 Å². The lowest BCUT2D eigenvalue weighted by atomic mass is 10.1. The van der Waals surface area contributed by atoms with Crippen molar-refractivity contribution in [1.82, 2.24) is 0 Å². The Hall–Kier alpha value is -3.88. The number of rotatable bonds is 8. The van der Waals surface area contributed by atoms with Crippen LogP contribution in [-0.4, -0.2) is 17.7 Å². The van der Waals surface area contributed by atoms with E-state index in [1.807, 2.05) is 87.5 Å². The van der Waals surface area contributed by atoms with Gasteiger partial charge in [0.2, 0.25) is 0 Å². The standard InChI is InChI=1S/C33H28BrFN2O3S/c1-4-39-29-18-24(17-28(34)31(29)40-20-23-9-11-25(35)12-10-23)19-30-32(38)37(27-15-7-22(3)8-16-27)33(41-30)36-26-13-5-21(2)6-14-26/h5-19H,4,20H2,1-3H3/b30-19-,36-33?. The summed E-state index contributed by atoms with van der Waals surface area (Å²) in [7, 11) is 0. The van der Waals surface area contributed by atoms with Crippen LogP contribution in [0.25, 0.3) is 6.08 Å². The minimum absolute atomic E-state index is 0.157. The summed E-state index contributed by atoms with van der Waals surface area (Å²) in [6.45, 7) is 6.61. The van der Waals surface area contributed by atoms with E-state index in [-0.39, 0.29) is 18.3 Å². The fraction of sp³-hybridized carbons (Fsp3) is 0.152. The van der Waals surface area contributed by atoms with Gasteiger partial charge in [-0.15, -0.1) is 0 Å². The smallest absolute Gasteiger partial charge is 0.271 e. The number of anilines is 1. The summed E-state index contributed by atoms with van der Waals surface area (Å²) in [6.07, 6.45) is 1.84. The van der Waals surface area contributed by atoms with Crippen LogP contribution in [0.1, 0.15) is 29.2 Å². The molecule has 0 atom stereocenters. The number of benzene rings is 4. The molecule has 41 heavy (non-hydrogen) atoms. The van der Waals surface area contributed by atoms with Crippen LogP contribution in [0.4, 0.5) is 15.8 Å². The third-order valence-corrected chi connectivity index (χ3v) is 7.84. The highest BCUT2D eigenvalue weighted by molar-refractivity contribution is 9.10. The highest BCUT2D eigenvalue weighted by atomic mass is 79.9. The van der Waals surface area contributed by atoms with Crippen molar-refractivity contribution in [3.05, 3.63) is 122 Å². The lowest BCUT2D eigenvalue weighted by Gasteiger charge is -2.16. The molecule has 0 unspecified atom stereocenters. The van der Waals surface area contributed by atoms with E-state index < -0.39 is 0 Å². The number of carbonyl (C=O) groups excluding carboxylic acids is 1. The van der Waals surface area contributed by atoms with Crippen LogP contribution in [0.2, 0.25) is 0 Å². The molecule has 0 spiro atoms. The molecule has 4 aromatic carbocycles. The van der Waals surface area contributed by atoms with Crippen LogP contribution in [0.15, 0.2) is 99.3 Å². The summed E-state index contributed by atoms with van der Waals surface area (Å²) in [5.41, 5.74) is 5.37. The van der Waals surface area contributed by atoms with Crippen LogP contribution in [0.3, 0.4) is 0 Å². The molecule has 5 nitrogen and oxygen atoms in total. The number of carbonyl (C=O) groups is 1. The molecule has 0 bridgehead atoms. The lowest BCUT2D eigenvalue weighted by Crippen LogP contribution is -2.28. The Kier molecular flexibility index (Phi) is 8.90.